The fraction of sp³-hybridized carbons (Fsp3) is 0.667. The van der Waals surface area contributed by atoms with Crippen LogP contribution in [0.5, 0.6) is 0 Å². The second-order valence-corrected chi connectivity index (χ2v) is 6.81. The SMILES string of the molecule is CCCCN1C(=O)CC[C@H]2CN(C(=O)Cc3cnccn3)CC[C@H]21. The number of carbonyl (C=O) groups excluding carboxylic acids is 2. The Kier molecular flexibility index (Phi) is 5.43. The van der Waals surface area contributed by atoms with Crippen molar-refractivity contribution in [1.82, 2.24) is 19.8 Å². The van der Waals surface area contributed by atoms with Crippen LogP contribution in [0.3, 0.4) is 0 Å². The predicted octanol–water partition coefficient (Wildman–Crippen LogP) is 1.66. The summed E-state index contributed by atoms with van der Waals surface area (Å²) in [5, 5.41) is 0. The first-order valence-corrected chi connectivity index (χ1v) is 9.01. The van der Waals surface area contributed by atoms with Crippen molar-refractivity contribution in [2.24, 2.45) is 5.92 Å². The van der Waals surface area contributed by atoms with Gasteiger partial charge in [0.15, 0.2) is 0 Å². The minimum Gasteiger partial charge on any atom is -0.342 e. The van der Waals surface area contributed by atoms with E-state index in [0.29, 0.717) is 36.4 Å². The molecule has 1 aromatic rings. The third-order valence-corrected chi connectivity index (χ3v) is 5.20. The Morgan fingerprint density at radius 1 is 1.33 bits per heavy atom. The number of aromatic nitrogens is 2. The van der Waals surface area contributed by atoms with Gasteiger partial charge in [-0.25, -0.2) is 0 Å². The number of fused-ring (bicyclic) bond motifs is 1. The molecule has 0 bridgehead atoms. The van der Waals surface area contributed by atoms with Gasteiger partial charge in [-0.3, -0.25) is 19.6 Å². The van der Waals surface area contributed by atoms with Gasteiger partial charge in [-0.2, -0.15) is 0 Å². The van der Waals surface area contributed by atoms with Crippen LogP contribution in [0.15, 0.2) is 18.6 Å². The van der Waals surface area contributed by atoms with E-state index in [-0.39, 0.29) is 5.91 Å². The summed E-state index contributed by atoms with van der Waals surface area (Å²) in [5.74, 6) is 0.828. The van der Waals surface area contributed by atoms with Crippen molar-refractivity contribution in [3.05, 3.63) is 24.3 Å². The van der Waals surface area contributed by atoms with Crippen LogP contribution in [-0.2, 0) is 16.0 Å². The van der Waals surface area contributed by atoms with Gasteiger partial charge in [0.1, 0.15) is 0 Å². The molecule has 0 saturated carbocycles. The number of piperidine rings is 2. The van der Waals surface area contributed by atoms with E-state index in [0.717, 1.165) is 45.3 Å². The van der Waals surface area contributed by atoms with Crippen LogP contribution in [0.1, 0.15) is 44.7 Å². The lowest BCUT2D eigenvalue weighted by Gasteiger charge is -2.47. The summed E-state index contributed by atoms with van der Waals surface area (Å²) in [6.07, 6.45) is 9.77. The Morgan fingerprint density at radius 3 is 2.96 bits per heavy atom. The topological polar surface area (TPSA) is 66.4 Å². The highest BCUT2D eigenvalue weighted by atomic mass is 16.2. The molecule has 130 valence electrons. The molecule has 0 unspecified atom stereocenters. The van der Waals surface area contributed by atoms with Crippen molar-refractivity contribution in [1.29, 1.82) is 0 Å². The van der Waals surface area contributed by atoms with E-state index < -0.39 is 0 Å². The molecule has 1 aromatic heterocycles. The summed E-state index contributed by atoms with van der Waals surface area (Å²) in [6.45, 7) is 4.51. The highest BCUT2D eigenvalue weighted by Crippen LogP contribution is 2.31. The molecule has 2 aliphatic rings. The molecule has 0 radical (unpaired) electrons. The number of hydrogen-bond acceptors (Lipinski definition) is 4. The van der Waals surface area contributed by atoms with Crippen molar-refractivity contribution in [3.63, 3.8) is 0 Å². The summed E-state index contributed by atoms with van der Waals surface area (Å²) < 4.78 is 0. The van der Waals surface area contributed by atoms with E-state index in [4.69, 9.17) is 0 Å². The smallest absolute Gasteiger partial charge is 0.228 e. The minimum absolute atomic E-state index is 0.117. The molecule has 3 heterocycles. The van der Waals surface area contributed by atoms with E-state index in [1.54, 1.807) is 18.6 Å². The van der Waals surface area contributed by atoms with Crippen LogP contribution in [0, 0.1) is 5.92 Å². The molecule has 0 aliphatic carbocycles. The molecule has 24 heavy (non-hydrogen) atoms. The Labute approximate surface area is 143 Å². The number of hydrogen-bond donors (Lipinski definition) is 0. The normalized spacial score (nSPS) is 24.0. The largest absolute Gasteiger partial charge is 0.342 e. The van der Waals surface area contributed by atoms with Gasteiger partial charge >= 0.3 is 0 Å². The maximum atomic E-state index is 12.5. The highest BCUT2D eigenvalue weighted by Gasteiger charge is 2.39. The second-order valence-electron chi connectivity index (χ2n) is 6.81. The van der Waals surface area contributed by atoms with E-state index in [2.05, 4.69) is 21.8 Å². The molecule has 0 spiro atoms. The lowest BCUT2D eigenvalue weighted by molar-refractivity contribution is -0.144. The number of rotatable bonds is 5. The third kappa shape index (κ3) is 3.74. The van der Waals surface area contributed by atoms with E-state index >= 15 is 0 Å². The standard InChI is InChI=1S/C18H26N4O2/c1-2-3-9-22-16-6-10-21(13-14(16)4-5-17(22)23)18(24)11-15-12-19-7-8-20-15/h7-8,12,14,16H,2-6,9-11,13H2,1H3/t14-,16+/m0/s1. The summed E-state index contributed by atoms with van der Waals surface area (Å²) in [4.78, 5) is 37.0. The quantitative estimate of drug-likeness (QED) is 0.823. The van der Waals surface area contributed by atoms with Crippen molar-refractivity contribution in [2.75, 3.05) is 19.6 Å². The fourth-order valence-electron chi connectivity index (χ4n) is 3.88. The maximum Gasteiger partial charge on any atom is 0.228 e. The molecule has 2 atom stereocenters. The van der Waals surface area contributed by atoms with E-state index in [1.165, 1.54) is 0 Å². The molecule has 6 nitrogen and oxygen atoms in total. The average molecular weight is 330 g/mol. The molecule has 2 amide bonds. The second kappa shape index (κ2) is 7.73. The molecule has 2 fully saturated rings. The lowest BCUT2D eigenvalue weighted by atomic mass is 9.83. The molecule has 0 aromatic carbocycles. The summed E-state index contributed by atoms with van der Waals surface area (Å²) >= 11 is 0. The predicted molar refractivity (Wildman–Crippen MR) is 90.1 cm³/mol. The first kappa shape index (κ1) is 16.9. The Morgan fingerprint density at radius 2 is 2.21 bits per heavy atom. The summed E-state index contributed by atoms with van der Waals surface area (Å²) in [6, 6.07) is 0.318. The minimum atomic E-state index is 0.117. The van der Waals surface area contributed by atoms with Crippen LogP contribution in [-0.4, -0.2) is 57.3 Å². The summed E-state index contributed by atoms with van der Waals surface area (Å²) in [7, 11) is 0. The van der Waals surface area contributed by atoms with Gasteiger partial charge in [0.25, 0.3) is 0 Å². The Balaban J connectivity index is 1.60. The highest BCUT2D eigenvalue weighted by molar-refractivity contribution is 5.79. The fourth-order valence-corrected chi connectivity index (χ4v) is 3.88. The van der Waals surface area contributed by atoms with Gasteiger partial charge in [0.2, 0.25) is 11.8 Å². The Hall–Kier alpha value is -1.98. The first-order valence-electron chi connectivity index (χ1n) is 9.01. The molecule has 2 saturated heterocycles. The zero-order valence-electron chi connectivity index (χ0n) is 14.4. The van der Waals surface area contributed by atoms with Crippen molar-refractivity contribution < 1.29 is 9.59 Å². The maximum absolute atomic E-state index is 12.5. The molecule has 0 N–H and O–H groups in total. The van der Waals surface area contributed by atoms with Crippen molar-refractivity contribution in [3.8, 4) is 0 Å². The van der Waals surface area contributed by atoms with E-state index in [9.17, 15) is 9.59 Å². The molecule has 3 rings (SSSR count). The monoisotopic (exact) mass is 330 g/mol. The number of nitrogens with zero attached hydrogens (tertiary/aromatic N) is 4. The van der Waals surface area contributed by atoms with Crippen molar-refractivity contribution >= 4 is 11.8 Å². The van der Waals surface area contributed by atoms with Crippen LogP contribution >= 0.6 is 0 Å². The van der Waals surface area contributed by atoms with Crippen LogP contribution in [0.2, 0.25) is 0 Å². The van der Waals surface area contributed by atoms with Crippen LogP contribution in [0.25, 0.3) is 0 Å². The number of likely N-dealkylation sites (tertiary alicyclic amines) is 2. The lowest BCUT2D eigenvalue weighted by Crippen LogP contribution is -2.57. The Bertz CT molecular complexity index is 578. The van der Waals surface area contributed by atoms with Gasteiger partial charge < -0.3 is 9.80 Å². The summed E-state index contributed by atoms with van der Waals surface area (Å²) in [5.41, 5.74) is 0.716. The van der Waals surface area contributed by atoms with Crippen LogP contribution < -0.4 is 0 Å². The number of carbonyl (C=O) groups is 2. The van der Waals surface area contributed by atoms with Gasteiger partial charge in [-0.05, 0) is 25.2 Å². The van der Waals surface area contributed by atoms with Crippen molar-refractivity contribution in [2.45, 2.75) is 51.5 Å². The van der Waals surface area contributed by atoms with Gasteiger partial charge in [0.05, 0.1) is 12.1 Å². The average Bonchev–Trinajstić information content (AvgIpc) is 2.61. The van der Waals surface area contributed by atoms with Gasteiger partial charge in [0, 0.05) is 50.7 Å². The van der Waals surface area contributed by atoms with E-state index in [1.807, 2.05) is 4.90 Å². The molecule has 2 aliphatic heterocycles. The number of unbranched alkanes of at least 4 members (excludes halogenated alkanes) is 1. The van der Waals surface area contributed by atoms with Gasteiger partial charge in [-0.1, -0.05) is 13.3 Å². The zero-order valence-corrected chi connectivity index (χ0v) is 14.4. The third-order valence-electron chi connectivity index (χ3n) is 5.20. The molecular formula is C18H26N4O2. The van der Waals surface area contributed by atoms with Crippen LogP contribution in [0.4, 0.5) is 0 Å². The molecule has 6 heteroatoms. The molecular weight excluding hydrogens is 304 g/mol. The zero-order chi connectivity index (χ0) is 16.9. The first-order chi connectivity index (χ1) is 11.7. The van der Waals surface area contributed by atoms with Gasteiger partial charge in [-0.15, -0.1) is 0 Å². The number of amides is 2.